The summed E-state index contributed by atoms with van der Waals surface area (Å²) in [6, 6.07) is 10.4. The molecule has 0 saturated heterocycles. The van der Waals surface area contributed by atoms with Gasteiger partial charge in [-0.05, 0) is 24.3 Å². The number of aromatic hydroxyl groups is 1. The van der Waals surface area contributed by atoms with E-state index in [9.17, 15) is 9.90 Å². The van der Waals surface area contributed by atoms with E-state index in [-0.39, 0.29) is 11.7 Å². The minimum Gasteiger partial charge on any atom is -0.508 e. The Morgan fingerprint density at radius 1 is 1.29 bits per heavy atom. The molecule has 2 aromatic rings. The van der Waals surface area contributed by atoms with Crippen LogP contribution in [0.1, 0.15) is 10.5 Å². The highest BCUT2D eigenvalue weighted by Gasteiger charge is 2.13. The molecule has 0 amide bonds. The summed E-state index contributed by atoms with van der Waals surface area (Å²) in [6.07, 6.45) is 0. The minimum atomic E-state index is -0.376. The lowest BCUT2D eigenvalue weighted by molar-refractivity contribution is 0.0590. The summed E-state index contributed by atoms with van der Waals surface area (Å²) in [5, 5.41) is 9.43. The first-order chi connectivity index (χ1) is 8.13. The summed E-state index contributed by atoms with van der Waals surface area (Å²) in [7, 11) is 3.13. The van der Waals surface area contributed by atoms with E-state index in [1.54, 1.807) is 35.9 Å². The van der Waals surface area contributed by atoms with Crippen LogP contribution in [0.4, 0.5) is 0 Å². The van der Waals surface area contributed by atoms with E-state index in [2.05, 4.69) is 4.74 Å². The molecule has 0 fully saturated rings. The van der Waals surface area contributed by atoms with E-state index in [4.69, 9.17) is 0 Å². The number of benzene rings is 1. The Morgan fingerprint density at radius 2 is 2.06 bits per heavy atom. The maximum absolute atomic E-state index is 11.5. The summed E-state index contributed by atoms with van der Waals surface area (Å²) in [5.74, 6) is -0.178. The predicted molar refractivity (Wildman–Crippen MR) is 63.9 cm³/mol. The van der Waals surface area contributed by atoms with Crippen molar-refractivity contribution in [3.05, 3.63) is 42.1 Å². The quantitative estimate of drug-likeness (QED) is 0.806. The molecule has 1 aromatic carbocycles. The lowest BCUT2D eigenvalue weighted by Gasteiger charge is -2.06. The van der Waals surface area contributed by atoms with E-state index in [0.717, 1.165) is 11.3 Å². The number of phenols is 1. The van der Waals surface area contributed by atoms with Crippen LogP contribution < -0.4 is 0 Å². The molecule has 1 N–H and O–H groups in total. The first-order valence-corrected chi connectivity index (χ1v) is 5.17. The molecule has 4 nitrogen and oxygen atoms in total. The van der Waals surface area contributed by atoms with E-state index in [1.165, 1.54) is 7.11 Å². The van der Waals surface area contributed by atoms with Crippen molar-refractivity contribution in [1.82, 2.24) is 4.57 Å². The number of carbonyl (C=O) groups excluding carboxylic acids is 1. The fraction of sp³-hybridized carbons (Fsp3) is 0.154. The highest BCUT2D eigenvalue weighted by atomic mass is 16.5. The van der Waals surface area contributed by atoms with Crippen molar-refractivity contribution in [2.75, 3.05) is 7.11 Å². The average Bonchev–Trinajstić information content (AvgIpc) is 2.70. The Kier molecular flexibility index (Phi) is 2.87. The molecule has 2 rings (SSSR count). The van der Waals surface area contributed by atoms with Crippen molar-refractivity contribution >= 4 is 5.97 Å². The molecule has 88 valence electrons. The maximum Gasteiger partial charge on any atom is 0.354 e. The van der Waals surface area contributed by atoms with Gasteiger partial charge in [-0.25, -0.2) is 4.79 Å². The SMILES string of the molecule is COC(=O)c1ccc(-c2cccc(O)c2)n1C. The average molecular weight is 231 g/mol. The third-order valence-corrected chi connectivity index (χ3v) is 2.66. The molecule has 0 atom stereocenters. The van der Waals surface area contributed by atoms with Gasteiger partial charge in [-0.1, -0.05) is 12.1 Å². The largest absolute Gasteiger partial charge is 0.508 e. The van der Waals surface area contributed by atoms with Crippen molar-refractivity contribution in [3.8, 4) is 17.0 Å². The van der Waals surface area contributed by atoms with Gasteiger partial charge in [0.2, 0.25) is 0 Å². The van der Waals surface area contributed by atoms with Crippen LogP contribution >= 0.6 is 0 Å². The number of aromatic nitrogens is 1. The number of rotatable bonds is 2. The number of carbonyl (C=O) groups is 1. The van der Waals surface area contributed by atoms with Gasteiger partial charge in [-0.15, -0.1) is 0 Å². The Labute approximate surface area is 99.1 Å². The monoisotopic (exact) mass is 231 g/mol. The summed E-state index contributed by atoms with van der Waals surface area (Å²) in [5.41, 5.74) is 2.18. The first kappa shape index (κ1) is 11.3. The van der Waals surface area contributed by atoms with Gasteiger partial charge in [0.25, 0.3) is 0 Å². The van der Waals surface area contributed by atoms with Crippen LogP contribution in [0.25, 0.3) is 11.3 Å². The molecule has 0 aliphatic rings. The van der Waals surface area contributed by atoms with Crippen LogP contribution in [0, 0.1) is 0 Å². The molecule has 0 aliphatic carbocycles. The molecular formula is C13H13NO3. The highest BCUT2D eigenvalue weighted by molar-refractivity contribution is 5.89. The van der Waals surface area contributed by atoms with Crippen LogP contribution in [-0.2, 0) is 11.8 Å². The number of esters is 1. The third kappa shape index (κ3) is 2.01. The molecule has 0 unspecified atom stereocenters. The lowest BCUT2D eigenvalue weighted by atomic mass is 10.1. The summed E-state index contributed by atoms with van der Waals surface area (Å²) >= 11 is 0. The highest BCUT2D eigenvalue weighted by Crippen LogP contribution is 2.24. The zero-order valence-corrected chi connectivity index (χ0v) is 9.68. The Bertz CT molecular complexity index is 558. The van der Waals surface area contributed by atoms with Gasteiger partial charge in [-0.2, -0.15) is 0 Å². The van der Waals surface area contributed by atoms with Gasteiger partial charge in [-0.3, -0.25) is 0 Å². The van der Waals surface area contributed by atoms with Crippen LogP contribution in [0.3, 0.4) is 0 Å². The molecule has 1 aromatic heterocycles. The standard InChI is InChI=1S/C13H13NO3/c1-14-11(6-7-12(14)13(16)17-2)9-4-3-5-10(15)8-9/h3-8,15H,1-2H3. The van der Waals surface area contributed by atoms with Gasteiger partial charge in [0.05, 0.1) is 7.11 Å². The fourth-order valence-electron chi connectivity index (χ4n) is 1.78. The number of methoxy groups -OCH3 is 1. The molecule has 0 aliphatic heterocycles. The van der Waals surface area contributed by atoms with Crippen LogP contribution in [0.15, 0.2) is 36.4 Å². The number of nitrogens with zero attached hydrogens (tertiary/aromatic N) is 1. The molecule has 1 heterocycles. The van der Waals surface area contributed by atoms with Crippen molar-refractivity contribution in [3.63, 3.8) is 0 Å². The second-order valence-corrected chi connectivity index (χ2v) is 3.70. The second kappa shape index (κ2) is 4.33. The third-order valence-electron chi connectivity index (χ3n) is 2.66. The Balaban J connectivity index is 2.48. The summed E-state index contributed by atoms with van der Waals surface area (Å²) < 4.78 is 6.42. The maximum atomic E-state index is 11.5. The number of hydrogen-bond acceptors (Lipinski definition) is 3. The molecule has 17 heavy (non-hydrogen) atoms. The van der Waals surface area contributed by atoms with E-state index < -0.39 is 0 Å². The Hall–Kier alpha value is -2.23. The zero-order valence-electron chi connectivity index (χ0n) is 9.68. The molecule has 0 bridgehead atoms. The van der Waals surface area contributed by atoms with Crippen molar-refractivity contribution in [1.29, 1.82) is 0 Å². The second-order valence-electron chi connectivity index (χ2n) is 3.70. The number of phenolic OH excluding ortho intramolecular Hbond substituents is 1. The van der Waals surface area contributed by atoms with E-state index >= 15 is 0 Å². The van der Waals surface area contributed by atoms with Crippen molar-refractivity contribution < 1.29 is 14.6 Å². The van der Waals surface area contributed by atoms with Crippen LogP contribution in [0.2, 0.25) is 0 Å². The molecule has 4 heteroatoms. The Morgan fingerprint density at radius 3 is 2.71 bits per heavy atom. The predicted octanol–water partition coefficient (Wildman–Crippen LogP) is 2.18. The number of hydrogen-bond donors (Lipinski definition) is 1. The van der Waals surface area contributed by atoms with Gasteiger partial charge in [0.1, 0.15) is 11.4 Å². The van der Waals surface area contributed by atoms with Crippen LogP contribution in [0.5, 0.6) is 5.75 Å². The molecule has 0 saturated carbocycles. The first-order valence-electron chi connectivity index (χ1n) is 5.17. The van der Waals surface area contributed by atoms with Crippen LogP contribution in [-0.4, -0.2) is 22.8 Å². The summed E-state index contributed by atoms with van der Waals surface area (Å²) in [6.45, 7) is 0. The van der Waals surface area contributed by atoms with Gasteiger partial charge >= 0.3 is 5.97 Å². The zero-order chi connectivity index (χ0) is 12.4. The molecular weight excluding hydrogens is 218 g/mol. The van der Waals surface area contributed by atoms with Gasteiger partial charge in [0.15, 0.2) is 0 Å². The van der Waals surface area contributed by atoms with Crippen molar-refractivity contribution in [2.24, 2.45) is 7.05 Å². The van der Waals surface area contributed by atoms with E-state index in [0.29, 0.717) is 5.69 Å². The molecule has 0 spiro atoms. The summed E-state index contributed by atoms with van der Waals surface area (Å²) in [4.78, 5) is 11.5. The van der Waals surface area contributed by atoms with Gasteiger partial charge < -0.3 is 14.4 Å². The normalized spacial score (nSPS) is 10.2. The van der Waals surface area contributed by atoms with E-state index in [1.807, 2.05) is 12.1 Å². The smallest absolute Gasteiger partial charge is 0.354 e. The lowest BCUT2D eigenvalue weighted by Crippen LogP contribution is -2.07. The fourth-order valence-corrected chi connectivity index (χ4v) is 1.78. The minimum absolute atomic E-state index is 0.198. The molecule has 0 radical (unpaired) electrons. The van der Waals surface area contributed by atoms with Crippen molar-refractivity contribution in [2.45, 2.75) is 0 Å². The topological polar surface area (TPSA) is 51.5 Å². The number of ether oxygens (including phenoxy) is 1. The van der Waals surface area contributed by atoms with Gasteiger partial charge in [0, 0.05) is 18.3 Å².